The Labute approximate surface area is 223 Å². The summed E-state index contributed by atoms with van der Waals surface area (Å²) in [5.41, 5.74) is -0.0670. The first-order valence-corrected chi connectivity index (χ1v) is 14.4. The van der Waals surface area contributed by atoms with Crippen LogP contribution in [0.3, 0.4) is 0 Å². The second-order valence-corrected chi connectivity index (χ2v) is 10.9. The average molecular weight is 534 g/mol. The first-order chi connectivity index (χ1) is 17.7. The highest BCUT2D eigenvalue weighted by molar-refractivity contribution is 7.98. The summed E-state index contributed by atoms with van der Waals surface area (Å²) in [5, 5.41) is 8.90. The molecule has 204 valence electrons. The molecule has 10 heteroatoms. The molecule has 9 nitrogen and oxygen atoms in total. The Kier molecular flexibility index (Phi) is 11.0. The minimum absolute atomic E-state index is 0.00492. The number of benzene rings is 1. The van der Waals surface area contributed by atoms with Crippen molar-refractivity contribution in [1.82, 2.24) is 16.0 Å². The molecular weight excluding hydrogens is 494 g/mol. The minimum atomic E-state index is -0.966. The Balaban J connectivity index is 1.76. The summed E-state index contributed by atoms with van der Waals surface area (Å²) in [6.07, 6.45) is 3.58. The molecule has 37 heavy (non-hydrogen) atoms. The van der Waals surface area contributed by atoms with Gasteiger partial charge in [-0.3, -0.25) is 14.4 Å². The number of nitrogens with one attached hydrogen (secondary N) is 3. The standard InChI is InChI=1S/C27H39N3O6S/c1-18(2)36-26(34)21(12-15-37-3)30-25(33)22(16-19-8-5-4-6-9-19)35-17-27(13-7-14-28-27)24(32)20-10-11-23(31)29-20/h4-6,8-9,18,20-22,28H,7,10-17H2,1-3H3,(H,29,31)(H,30,33)/t20-,21-,22?,27-/m0/s1. The predicted octanol–water partition coefficient (Wildman–Crippen LogP) is 1.77. The van der Waals surface area contributed by atoms with E-state index in [9.17, 15) is 19.2 Å². The van der Waals surface area contributed by atoms with Gasteiger partial charge in [0, 0.05) is 12.8 Å². The second-order valence-electron chi connectivity index (χ2n) is 9.95. The van der Waals surface area contributed by atoms with Gasteiger partial charge in [0.1, 0.15) is 17.7 Å². The number of carbonyl (C=O) groups is 4. The molecule has 0 saturated carbocycles. The van der Waals surface area contributed by atoms with Crippen molar-refractivity contribution in [3.05, 3.63) is 35.9 Å². The molecule has 2 fully saturated rings. The molecule has 4 atom stereocenters. The molecule has 3 rings (SSSR count). The monoisotopic (exact) mass is 533 g/mol. The predicted molar refractivity (Wildman–Crippen MR) is 142 cm³/mol. The maximum atomic E-state index is 13.5. The van der Waals surface area contributed by atoms with Crippen LogP contribution < -0.4 is 16.0 Å². The lowest BCUT2D eigenvalue weighted by Crippen LogP contribution is -2.58. The maximum Gasteiger partial charge on any atom is 0.328 e. The molecule has 1 aromatic carbocycles. The molecule has 0 radical (unpaired) electrons. The van der Waals surface area contributed by atoms with Crippen molar-refractivity contribution >= 4 is 35.3 Å². The highest BCUT2D eigenvalue weighted by Crippen LogP contribution is 2.26. The minimum Gasteiger partial charge on any atom is -0.461 e. The third kappa shape index (κ3) is 8.28. The lowest BCUT2D eigenvalue weighted by atomic mass is 9.87. The van der Waals surface area contributed by atoms with Gasteiger partial charge in [-0.1, -0.05) is 30.3 Å². The van der Waals surface area contributed by atoms with Crippen LogP contribution >= 0.6 is 11.8 Å². The van der Waals surface area contributed by atoms with Crippen molar-refractivity contribution in [3.63, 3.8) is 0 Å². The van der Waals surface area contributed by atoms with Crippen LogP contribution in [0.4, 0.5) is 0 Å². The van der Waals surface area contributed by atoms with Crippen LogP contribution in [0.25, 0.3) is 0 Å². The second kappa shape index (κ2) is 13.9. The van der Waals surface area contributed by atoms with Crippen LogP contribution in [0.2, 0.25) is 0 Å². The van der Waals surface area contributed by atoms with Crippen molar-refractivity contribution in [3.8, 4) is 0 Å². The van der Waals surface area contributed by atoms with E-state index in [2.05, 4.69) is 16.0 Å². The molecule has 2 heterocycles. The van der Waals surface area contributed by atoms with Crippen molar-refractivity contribution in [2.24, 2.45) is 0 Å². The molecule has 0 aliphatic carbocycles. The lowest BCUT2D eigenvalue weighted by molar-refractivity contribution is -0.153. The van der Waals surface area contributed by atoms with Gasteiger partial charge in [-0.15, -0.1) is 0 Å². The van der Waals surface area contributed by atoms with Crippen molar-refractivity contribution in [2.45, 2.75) is 82.2 Å². The number of Topliss-reactive ketones (excluding diaryl/α,β-unsaturated/α-hetero) is 1. The van der Waals surface area contributed by atoms with E-state index in [1.54, 1.807) is 25.6 Å². The zero-order valence-corrected chi connectivity index (χ0v) is 22.7. The van der Waals surface area contributed by atoms with E-state index in [4.69, 9.17) is 9.47 Å². The molecule has 0 spiro atoms. The molecule has 0 aromatic heterocycles. The van der Waals surface area contributed by atoms with Crippen LogP contribution in [-0.4, -0.2) is 78.6 Å². The van der Waals surface area contributed by atoms with Gasteiger partial charge in [0.05, 0.1) is 18.8 Å². The Bertz CT molecular complexity index is 935. The van der Waals surface area contributed by atoms with E-state index in [1.165, 1.54) is 0 Å². The van der Waals surface area contributed by atoms with Crippen molar-refractivity contribution < 1.29 is 28.7 Å². The maximum absolute atomic E-state index is 13.5. The average Bonchev–Trinajstić information content (AvgIpc) is 3.53. The fourth-order valence-electron chi connectivity index (χ4n) is 4.72. The third-order valence-corrected chi connectivity index (χ3v) is 7.32. The number of carbonyl (C=O) groups excluding carboxylic acids is 4. The summed E-state index contributed by atoms with van der Waals surface area (Å²) >= 11 is 1.58. The zero-order chi connectivity index (χ0) is 26.8. The normalized spacial score (nSPS) is 22.9. The number of hydrogen-bond acceptors (Lipinski definition) is 8. The Morgan fingerprint density at radius 1 is 1.22 bits per heavy atom. The van der Waals surface area contributed by atoms with Crippen molar-refractivity contribution in [1.29, 1.82) is 0 Å². The van der Waals surface area contributed by atoms with Gasteiger partial charge in [-0.2, -0.15) is 11.8 Å². The van der Waals surface area contributed by atoms with Gasteiger partial charge < -0.3 is 25.4 Å². The van der Waals surface area contributed by atoms with Crippen LogP contribution in [0.1, 0.15) is 51.5 Å². The van der Waals surface area contributed by atoms with Gasteiger partial charge in [0.15, 0.2) is 5.78 Å². The Hall–Kier alpha value is -2.43. The smallest absolute Gasteiger partial charge is 0.328 e. The number of esters is 1. The van der Waals surface area contributed by atoms with E-state index < -0.39 is 35.6 Å². The molecule has 1 unspecified atom stereocenters. The molecule has 2 aliphatic heterocycles. The number of ether oxygens (including phenoxy) is 2. The van der Waals surface area contributed by atoms with E-state index >= 15 is 0 Å². The van der Waals surface area contributed by atoms with Crippen LogP contribution in [0, 0.1) is 0 Å². The molecular formula is C27H39N3O6S. The molecule has 0 bridgehead atoms. The first-order valence-electron chi connectivity index (χ1n) is 13.0. The topological polar surface area (TPSA) is 123 Å². The number of ketones is 1. The summed E-state index contributed by atoms with van der Waals surface area (Å²) in [6.45, 7) is 4.19. The molecule has 2 saturated heterocycles. The van der Waals surface area contributed by atoms with E-state index in [0.717, 1.165) is 12.0 Å². The summed E-state index contributed by atoms with van der Waals surface area (Å²) in [7, 11) is 0. The lowest BCUT2D eigenvalue weighted by Gasteiger charge is -2.32. The van der Waals surface area contributed by atoms with Gasteiger partial charge in [0.25, 0.3) is 0 Å². The van der Waals surface area contributed by atoms with Crippen LogP contribution in [0.15, 0.2) is 30.3 Å². The van der Waals surface area contributed by atoms with Crippen LogP contribution in [0.5, 0.6) is 0 Å². The largest absolute Gasteiger partial charge is 0.461 e. The van der Waals surface area contributed by atoms with Gasteiger partial charge in [-0.05, 0) is 63.6 Å². The molecule has 2 aliphatic rings. The van der Waals surface area contributed by atoms with Crippen molar-refractivity contribution in [2.75, 3.05) is 25.2 Å². The van der Waals surface area contributed by atoms with Crippen LogP contribution in [-0.2, 0) is 35.1 Å². The summed E-state index contributed by atoms with van der Waals surface area (Å²) in [6, 6.07) is 8.14. The van der Waals surface area contributed by atoms with E-state index in [-0.39, 0.29) is 30.8 Å². The molecule has 1 aromatic rings. The van der Waals surface area contributed by atoms with Gasteiger partial charge in [0.2, 0.25) is 11.8 Å². The highest BCUT2D eigenvalue weighted by atomic mass is 32.2. The summed E-state index contributed by atoms with van der Waals surface area (Å²) in [4.78, 5) is 51.3. The van der Waals surface area contributed by atoms with Gasteiger partial charge >= 0.3 is 5.97 Å². The Morgan fingerprint density at radius 3 is 2.57 bits per heavy atom. The third-order valence-electron chi connectivity index (χ3n) is 6.68. The fraction of sp³-hybridized carbons (Fsp3) is 0.630. The molecule has 3 N–H and O–H groups in total. The van der Waals surface area contributed by atoms with Gasteiger partial charge in [-0.25, -0.2) is 4.79 Å². The molecule has 2 amide bonds. The van der Waals surface area contributed by atoms with E-state index in [0.29, 0.717) is 38.0 Å². The summed E-state index contributed by atoms with van der Waals surface area (Å²) in [5.74, 6) is -0.453. The summed E-state index contributed by atoms with van der Waals surface area (Å²) < 4.78 is 11.6. The zero-order valence-electron chi connectivity index (χ0n) is 21.9. The quantitative estimate of drug-likeness (QED) is 0.309. The number of thioether (sulfide) groups is 1. The van der Waals surface area contributed by atoms with E-state index in [1.807, 2.05) is 36.6 Å². The Morgan fingerprint density at radius 2 is 1.97 bits per heavy atom. The first kappa shape index (κ1) is 29.1. The fourth-order valence-corrected chi connectivity index (χ4v) is 5.19. The SMILES string of the molecule is CSCC[C@H](NC(=O)C(Cc1ccccc1)OC[C@]1(C(=O)[C@@H]2CCC(=O)N2)CCCN1)C(=O)OC(C)C. The number of hydrogen-bond donors (Lipinski definition) is 3. The number of rotatable bonds is 14. The highest BCUT2D eigenvalue weighted by Gasteiger charge is 2.46. The number of amides is 2.